The smallest absolute Gasteiger partial charge is 0.373 e. The first kappa shape index (κ1) is 17.4. The number of fused-ring (bicyclic) bond motifs is 4. The average Bonchev–Trinajstić information content (AvgIpc) is 3.06. The van der Waals surface area contributed by atoms with E-state index >= 15 is 0 Å². The standard InChI is InChI=1S/C18H23NO3.CO2/c1-10-15-11-6-13-14(22-9-21-13)7-12(11)19(20)16(15)18(4,5)8-17(10,2)3;2-1-3/h6-7,10,20H,8-9H2,1-5H3;. The van der Waals surface area contributed by atoms with Crippen LogP contribution in [0.15, 0.2) is 12.1 Å². The molecule has 134 valence electrons. The fourth-order valence-electron chi connectivity index (χ4n) is 4.54. The van der Waals surface area contributed by atoms with Gasteiger partial charge in [0.05, 0.1) is 11.2 Å². The first-order valence-corrected chi connectivity index (χ1v) is 8.31. The summed E-state index contributed by atoms with van der Waals surface area (Å²) in [7, 11) is 0. The van der Waals surface area contributed by atoms with Gasteiger partial charge in [0.15, 0.2) is 11.5 Å². The van der Waals surface area contributed by atoms with E-state index in [1.54, 1.807) is 0 Å². The Kier molecular flexibility index (Phi) is 3.84. The van der Waals surface area contributed by atoms with Gasteiger partial charge in [-0.15, -0.1) is 0 Å². The second kappa shape index (κ2) is 5.53. The van der Waals surface area contributed by atoms with Gasteiger partial charge in [-0.25, -0.2) is 0 Å². The molecule has 1 aromatic carbocycles. The zero-order chi connectivity index (χ0) is 18.6. The molecule has 0 saturated heterocycles. The molecule has 0 spiro atoms. The van der Waals surface area contributed by atoms with E-state index in [0.29, 0.717) is 11.7 Å². The maximum atomic E-state index is 10.8. The summed E-state index contributed by atoms with van der Waals surface area (Å²) in [6, 6.07) is 3.92. The summed E-state index contributed by atoms with van der Waals surface area (Å²) in [5.74, 6) is 1.85. The monoisotopic (exact) mass is 345 g/mol. The van der Waals surface area contributed by atoms with Crippen molar-refractivity contribution in [2.24, 2.45) is 5.41 Å². The minimum atomic E-state index is -0.0781. The summed E-state index contributed by atoms with van der Waals surface area (Å²) in [6.07, 6.45) is 1.29. The summed E-state index contributed by atoms with van der Waals surface area (Å²) >= 11 is 0. The van der Waals surface area contributed by atoms with Crippen LogP contribution >= 0.6 is 0 Å². The number of nitrogens with zero attached hydrogens (tertiary/aromatic N) is 1. The normalized spacial score (nSPS) is 21.9. The van der Waals surface area contributed by atoms with E-state index in [1.165, 1.54) is 10.3 Å². The van der Waals surface area contributed by atoms with Crippen molar-refractivity contribution in [1.29, 1.82) is 0 Å². The zero-order valence-corrected chi connectivity index (χ0v) is 15.2. The molecule has 4 rings (SSSR count). The maximum absolute atomic E-state index is 10.8. The van der Waals surface area contributed by atoms with Gasteiger partial charge < -0.3 is 14.7 Å². The molecular formula is C19H23NO5. The van der Waals surface area contributed by atoms with E-state index in [0.717, 1.165) is 28.8 Å². The molecule has 1 aliphatic heterocycles. The fourth-order valence-corrected chi connectivity index (χ4v) is 4.54. The van der Waals surface area contributed by atoms with Crippen LogP contribution in [0.5, 0.6) is 11.5 Å². The van der Waals surface area contributed by atoms with Crippen molar-refractivity contribution in [1.82, 2.24) is 4.73 Å². The van der Waals surface area contributed by atoms with Crippen molar-refractivity contribution in [3.8, 4) is 11.5 Å². The van der Waals surface area contributed by atoms with Crippen molar-refractivity contribution in [2.45, 2.75) is 52.4 Å². The Hall–Kier alpha value is -2.46. The maximum Gasteiger partial charge on any atom is 0.373 e. The SMILES string of the molecule is CC1c2c(n(O)c3cc4c(cc23)OCO4)C(C)(C)CC1(C)C.O=C=O. The molecule has 0 radical (unpaired) electrons. The average molecular weight is 345 g/mol. The molecule has 1 atom stereocenters. The molecule has 6 heteroatoms. The lowest BCUT2D eigenvalue weighted by Crippen LogP contribution is -2.38. The molecule has 2 aliphatic rings. The number of carbonyl (C=O) groups excluding carboxylic acids is 2. The van der Waals surface area contributed by atoms with Gasteiger partial charge in [0.2, 0.25) is 6.79 Å². The highest BCUT2D eigenvalue weighted by Gasteiger charge is 2.46. The molecule has 0 bridgehead atoms. The van der Waals surface area contributed by atoms with Crippen LogP contribution in [0.25, 0.3) is 10.9 Å². The third-order valence-corrected chi connectivity index (χ3v) is 5.62. The third-order valence-electron chi connectivity index (χ3n) is 5.62. The molecule has 2 aromatic rings. The molecule has 2 heterocycles. The van der Waals surface area contributed by atoms with Crippen molar-refractivity contribution in [3.05, 3.63) is 23.4 Å². The summed E-state index contributed by atoms with van der Waals surface area (Å²) in [6.45, 7) is 11.6. The lowest BCUT2D eigenvalue weighted by molar-refractivity contribution is -0.191. The highest BCUT2D eigenvalue weighted by atomic mass is 16.7. The number of hydrogen-bond donors (Lipinski definition) is 1. The minimum Gasteiger partial charge on any atom is -0.454 e. The second-order valence-electron chi connectivity index (χ2n) is 8.15. The van der Waals surface area contributed by atoms with Crippen molar-refractivity contribution in [3.63, 3.8) is 0 Å². The van der Waals surface area contributed by atoms with Crippen molar-refractivity contribution >= 4 is 17.1 Å². The van der Waals surface area contributed by atoms with Gasteiger partial charge in [0.1, 0.15) is 0 Å². The summed E-state index contributed by atoms with van der Waals surface area (Å²) in [5.41, 5.74) is 3.19. The van der Waals surface area contributed by atoms with E-state index in [4.69, 9.17) is 19.1 Å². The van der Waals surface area contributed by atoms with E-state index in [1.807, 2.05) is 12.1 Å². The molecule has 0 amide bonds. The van der Waals surface area contributed by atoms with Crippen LogP contribution in [0.2, 0.25) is 0 Å². The van der Waals surface area contributed by atoms with Gasteiger partial charge in [-0.2, -0.15) is 14.3 Å². The Morgan fingerprint density at radius 2 is 1.72 bits per heavy atom. The molecule has 6 nitrogen and oxygen atoms in total. The number of rotatable bonds is 0. The molecule has 25 heavy (non-hydrogen) atoms. The topological polar surface area (TPSA) is 77.8 Å². The first-order chi connectivity index (χ1) is 11.6. The quantitative estimate of drug-likeness (QED) is 0.734. The summed E-state index contributed by atoms with van der Waals surface area (Å²) in [5, 5.41) is 11.9. The van der Waals surface area contributed by atoms with Crippen LogP contribution in [-0.2, 0) is 15.0 Å². The van der Waals surface area contributed by atoms with Crippen LogP contribution in [0.4, 0.5) is 0 Å². The Labute approximate surface area is 146 Å². The van der Waals surface area contributed by atoms with E-state index in [9.17, 15) is 5.21 Å². The molecule has 0 saturated carbocycles. The highest BCUT2D eigenvalue weighted by Crippen LogP contribution is 2.55. The predicted molar refractivity (Wildman–Crippen MR) is 90.1 cm³/mol. The van der Waals surface area contributed by atoms with Gasteiger partial charge in [-0.05, 0) is 29.4 Å². The van der Waals surface area contributed by atoms with Gasteiger partial charge in [-0.1, -0.05) is 34.6 Å². The molecule has 1 N–H and O–H groups in total. The van der Waals surface area contributed by atoms with Gasteiger partial charge in [-0.3, -0.25) is 0 Å². The van der Waals surface area contributed by atoms with E-state index in [2.05, 4.69) is 34.6 Å². The minimum absolute atomic E-state index is 0.0781. The van der Waals surface area contributed by atoms with Crippen molar-refractivity contribution < 1.29 is 24.3 Å². The van der Waals surface area contributed by atoms with Crippen molar-refractivity contribution in [2.75, 3.05) is 6.79 Å². The van der Waals surface area contributed by atoms with Crippen LogP contribution in [0.1, 0.15) is 58.2 Å². The second-order valence-corrected chi connectivity index (χ2v) is 8.15. The molecule has 0 fully saturated rings. The largest absolute Gasteiger partial charge is 0.454 e. The van der Waals surface area contributed by atoms with Gasteiger partial charge in [0, 0.05) is 16.9 Å². The molecule has 1 aromatic heterocycles. The summed E-state index contributed by atoms with van der Waals surface area (Å²) < 4.78 is 12.4. The molecule has 1 aliphatic carbocycles. The highest BCUT2D eigenvalue weighted by molar-refractivity contribution is 5.90. The molecule has 1 unspecified atom stereocenters. The Balaban J connectivity index is 0.000000569. The Morgan fingerprint density at radius 3 is 2.32 bits per heavy atom. The number of aromatic nitrogens is 1. The third kappa shape index (κ3) is 2.48. The number of benzene rings is 1. The van der Waals surface area contributed by atoms with E-state index in [-0.39, 0.29) is 23.8 Å². The Morgan fingerprint density at radius 1 is 1.16 bits per heavy atom. The van der Waals surface area contributed by atoms with Gasteiger partial charge >= 0.3 is 6.15 Å². The lowest BCUT2D eigenvalue weighted by atomic mass is 9.60. The van der Waals surface area contributed by atoms with Crippen LogP contribution in [0.3, 0.4) is 0 Å². The molecular weight excluding hydrogens is 322 g/mol. The van der Waals surface area contributed by atoms with Crippen LogP contribution in [0, 0.1) is 5.41 Å². The zero-order valence-electron chi connectivity index (χ0n) is 15.2. The fraction of sp³-hybridized carbons (Fsp3) is 0.526. The summed E-state index contributed by atoms with van der Waals surface area (Å²) in [4.78, 5) is 16.2. The van der Waals surface area contributed by atoms with Crippen LogP contribution in [-0.4, -0.2) is 22.9 Å². The number of ether oxygens (including phenoxy) is 2. The number of hydrogen-bond acceptors (Lipinski definition) is 5. The first-order valence-electron chi connectivity index (χ1n) is 8.31. The predicted octanol–water partition coefficient (Wildman–Crippen LogP) is 3.83. The Bertz CT molecular complexity index is 872. The van der Waals surface area contributed by atoms with Gasteiger partial charge in [0.25, 0.3) is 0 Å². The lowest BCUT2D eigenvalue weighted by Gasteiger charge is -2.45. The van der Waals surface area contributed by atoms with Crippen LogP contribution < -0.4 is 9.47 Å². The van der Waals surface area contributed by atoms with E-state index < -0.39 is 0 Å².